The molecule has 25 heavy (non-hydrogen) atoms. The molecule has 2 heterocycles. The third-order valence-electron chi connectivity index (χ3n) is 3.70. The molecule has 0 atom stereocenters. The van der Waals surface area contributed by atoms with Gasteiger partial charge in [0.15, 0.2) is 3.95 Å². The number of aromatic nitrogens is 1. The molecule has 0 spiro atoms. The summed E-state index contributed by atoms with van der Waals surface area (Å²) in [6, 6.07) is 4.95. The molecule has 0 aliphatic carbocycles. The summed E-state index contributed by atoms with van der Waals surface area (Å²) < 4.78 is 1.83. The van der Waals surface area contributed by atoms with Crippen molar-refractivity contribution in [3.63, 3.8) is 0 Å². The number of rotatable bonds is 5. The number of nitrogens with one attached hydrogen (secondary N) is 1. The Morgan fingerprint density at radius 1 is 1.48 bits per heavy atom. The van der Waals surface area contributed by atoms with Gasteiger partial charge in [-0.05, 0) is 37.3 Å². The summed E-state index contributed by atoms with van der Waals surface area (Å²) in [4.78, 5) is 28.3. The maximum Gasteiger partial charge on any atom is 0.279 e. The summed E-state index contributed by atoms with van der Waals surface area (Å²) in [6.45, 7) is 2.60. The molecule has 0 saturated heterocycles. The van der Waals surface area contributed by atoms with Crippen LogP contribution in [0, 0.1) is 3.95 Å². The third-order valence-corrected chi connectivity index (χ3v) is 5.39. The summed E-state index contributed by atoms with van der Waals surface area (Å²) in [5.74, 6) is -0.710. The fourth-order valence-electron chi connectivity index (χ4n) is 2.56. The molecule has 0 radical (unpaired) electrons. The van der Waals surface area contributed by atoms with E-state index in [1.165, 1.54) is 4.57 Å². The van der Waals surface area contributed by atoms with Gasteiger partial charge in [-0.1, -0.05) is 11.6 Å². The molecule has 1 aromatic heterocycles. The number of hydrogen-bond acceptors (Lipinski definition) is 5. The zero-order valence-corrected chi connectivity index (χ0v) is 15.6. The molecule has 0 unspecified atom stereocenters. The molecule has 9 heteroatoms. The van der Waals surface area contributed by atoms with Crippen LogP contribution in [-0.2, 0) is 16.1 Å². The van der Waals surface area contributed by atoms with E-state index in [9.17, 15) is 14.7 Å². The van der Waals surface area contributed by atoms with Crippen molar-refractivity contribution in [2.24, 2.45) is 4.99 Å². The average Bonchev–Trinajstić information content (AvgIpc) is 3.01. The van der Waals surface area contributed by atoms with E-state index in [1.807, 2.05) is 6.92 Å². The van der Waals surface area contributed by atoms with Crippen LogP contribution in [0.15, 0.2) is 23.2 Å². The summed E-state index contributed by atoms with van der Waals surface area (Å²) in [5, 5.41) is 14.8. The molecule has 6 nitrogen and oxygen atoms in total. The minimum absolute atomic E-state index is 0.131. The van der Waals surface area contributed by atoms with Crippen molar-refractivity contribution in [3.8, 4) is 5.88 Å². The van der Waals surface area contributed by atoms with Gasteiger partial charge in [0.05, 0.1) is 10.9 Å². The maximum absolute atomic E-state index is 12.3. The molecular weight excluding hydrogens is 382 g/mol. The first-order valence-electron chi connectivity index (χ1n) is 7.55. The van der Waals surface area contributed by atoms with E-state index in [4.69, 9.17) is 23.8 Å². The lowest BCUT2D eigenvalue weighted by Crippen LogP contribution is -2.23. The number of carbonyl (C=O) groups is 2. The predicted molar refractivity (Wildman–Crippen MR) is 97.9 cm³/mol. The normalized spacial score (nSPS) is 12.9. The lowest BCUT2D eigenvalue weighted by atomic mass is 10.1. The van der Waals surface area contributed by atoms with Gasteiger partial charge in [0.2, 0.25) is 11.8 Å². The lowest BCUT2D eigenvalue weighted by Gasteiger charge is -2.05. The number of thiazole rings is 1. The summed E-state index contributed by atoms with van der Waals surface area (Å²) >= 11 is 12.4. The quantitative estimate of drug-likeness (QED) is 0.752. The van der Waals surface area contributed by atoms with Crippen LogP contribution >= 0.6 is 35.2 Å². The molecule has 2 amide bonds. The Kier molecular flexibility index (Phi) is 5.03. The molecule has 1 aromatic carbocycles. The Hall–Kier alpha value is -2.03. The number of halogens is 1. The van der Waals surface area contributed by atoms with Gasteiger partial charge in [0, 0.05) is 29.8 Å². The molecule has 1 aliphatic rings. The monoisotopic (exact) mass is 395 g/mol. The minimum atomic E-state index is -0.445. The van der Waals surface area contributed by atoms with Crippen LogP contribution in [-0.4, -0.2) is 28.0 Å². The number of aromatic hydroxyl groups is 1. The Bertz CT molecular complexity index is 1060. The van der Waals surface area contributed by atoms with Gasteiger partial charge in [-0.15, -0.1) is 11.3 Å². The molecule has 130 valence electrons. The third kappa shape index (κ3) is 3.37. The van der Waals surface area contributed by atoms with E-state index in [2.05, 4.69) is 10.3 Å². The van der Waals surface area contributed by atoms with Crippen molar-refractivity contribution in [1.82, 2.24) is 9.88 Å². The number of amides is 2. The van der Waals surface area contributed by atoms with Gasteiger partial charge < -0.3 is 10.4 Å². The first kappa shape index (κ1) is 17.8. The highest BCUT2D eigenvalue weighted by atomic mass is 35.5. The second kappa shape index (κ2) is 7.07. The predicted octanol–water partition coefficient (Wildman–Crippen LogP) is 1.52. The van der Waals surface area contributed by atoms with Crippen molar-refractivity contribution >= 4 is 52.5 Å². The van der Waals surface area contributed by atoms with E-state index in [0.29, 0.717) is 31.0 Å². The Morgan fingerprint density at radius 2 is 2.24 bits per heavy atom. The van der Waals surface area contributed by atoms with Crippen molar-refractivity contribution in [2.75, 3.05) is 6.54 Å². The fraction of sp³-hybridized carbons (Fsp3) is 0.250. The molecule has 0 fully saturated rings. The van der Waals surface area contributed by atoms with E-state index in [0.717, 1.165) is 11.3 Å². The zero-order chi connectivity index (χ0) is 18.1. The molecule has 1 aliphatic heterocycles. The molecule has 2 N–H and O–H groups in total. The molecule has 0 bridgehead atoms. The largest absolute Gasteiger partial charge is 0.493 e. The van der Waals surface area contributed by atoms with Crippen molar-refractivity contribution in [2.45, 2.75) is 19.9 Å². The fourth-order valence-corrected chi connectivity index (χ4v) is 4.13. The highest BCUT2D eigenvalue weighted by Gasteiger charge is 2.25. The van der Waals surface area contributed by atoms with Gasteiger partial charge in [-0.25, -0.2) is 4.99 Å². The van der Waals surface area contributed by atoms with Crippen LogP contribution in [0.25, 0.3) is 5.57 Å². The number of nitrogens with zero attached hydrogens (tertiary/aromatic N) is 2. The second-order valence-electron chi connectivity index (χ2n) is 5.33. The van der Waals surface area contributed by atoms with Gasteiger partial charge >= 0.3 is 0 Å². The minimum Gasteiger partial charge on any atom is -0.493 e. The number of benzene rings is 1. The molecule has 3 rings (SSSR count). The summed E-state index contributed by atoms with van der Waals surface area (Å²) in [6.07, 6.45) is 0.182. The first-order valence-corrected chi connectivity index (χ1v) is 9.15. The smallest absolute Gasteiger partial charge is 0.279 e. The second-order valence-corrected chi connectivity index (χ2v) is 7.41. The van der Waals surface area contributed by atoms with E-state index >= 15 is 0 Å². The number of hydrogen-bond donors (Lipinski definition) is 2. The lowest BCUT2D eigenvalue weighted by molar-refractivity contribution is -0.121. The van der Waals surface area contributed by atoms with Crippen LogP contribution in [0.2, 0.25) is 5.02 Å². The topological polar surface area (TPSA) is 83.7 Å². The van der Waals surface area contributed by atoms with E-state index in [-0.39, 0.29) is 30.3 Å². The van der Waals surface area contributed by atoms with Crippen LogP contribution < -0.4 is 15.9 Å². The summed E-state index contributed by atoms with van der Waals surface area (Å²) in [5.41, 5.74) is 0.280. The van der Waals surface area contributed by atoms with Crippen LogP contribution in [0.1, 0.15) is 18.2 Å². The van der Waals surface area contributed by atoms with Gasteiger partial charge in [0.25, 0.3) is 5.91 Å². The Morgan fingerprint density at radius 3 is 2.96 bits per heavy atom. The van der Waals surface area contributed by atoms with Gasteiger partial charge in [0.1, 0.15) is 4.88 Å². The van der Waals surface area contributed by atoms with Crippen molar-refractivity contribution in [3.05, 3.63) is 42.6 Å². The van der Waals surface area contributed by atoms with Gasteiger partial charge in [-0.3, -0.25) is 14.2 Å². The van der Waals surface area contributed by atoms with Crippen LogP contribution in [0.4, 0.5) is 0 Å². The van der Waals surface area contributed by atoms with E-state index < -0.39 is 5.91 Å². The van der Waals surface area contributed by atoms with Crippen molar-refractivity contribution < 1.29 is 14.7 Å². The SMILES string of the molecule is CCNC(=O)CCn1c(O)c(C2=c3cc(Cl)ccc3=NC2=O)sc1=S. The highest BCUT2D eigenvalue weighted by molar-refractivity contribution is 7.73. The zero-order valence-electron chi connectivity index (χ0n) is 13.2. The van der Waals surface area contributed by atoms with Crippen molar-refractivity contribution in [1.29, 1.82) is 0 Å². The Balaban J connectivity index is 2.05. The first-order chi connectivity index (χ1) is 11.9. The average molecular weight is 396 g/mol. The number of carbonyl (C=O) groups excluding carboxylic acids is 2. The van der Waals surface area contributed by atoms with Crippen LogP contribution in [0.3, 0.4) is 0 Å². The molecule has 0 saturated carbocycles. The van der Waals surface area contributed by atoms with E-state index in [1.54, 1.807) is 18.2 Å². The molecular formula is C16H14ClN3O3S2. The highest BCUT2D eigenvalue weighted by Crippen LogP contribution is 2.32. The standard InChI is InChI=1S/C16H14ClN3O3S2/c1-2-18-11(21)5-6-20-15(23)13(25-16(20)24)12-9-7-8(17)3-4-10(9)19-14(12)22/h3-4,7,23H,2,5-6H2,1H3,(H,18,21). The summed E-state index contributed by atoms with van der Waals surface area (Å²) in [7, 11) is 0. The van der Waals surface area contributed by atoms with Crippen LogP contribution in [0.5, 0.6) is 5.88 Å². The number of fused-ring (bicyclic) bond motifs is 1. The van der Waals surface area contributed by atoms with Gasteiger partial charge in [-0.2, -0.15) is 0 Å². The Labute approximate surface area is 157 Å². The molecule has 2 aromatic rings. The maximum atomic E-state index is 12.3.